The Morgan fingerprint density at radius 1 is 1.03 bits per heavy atom. The van der Waals surface area contributed by atoms with Gasteiger partial charge in [-0.15, -0.1) is 10.2 Å². The highest BCUT2D eigenvalue weighted by atomic mass is 16.6. The minimum atomic E-state index is -1.57. The molecule has 3 rings (SSSR count). The second kappa shape index (κ2) is 10.7. The number of carbonyl (C=O) groups is 2. The summed E-state index contributed by atoms with van der Waals surface area (Å²) in [6, 6.07) is 16.6. The lowest BCUT2D eigenvalue weighted by molar-refractivity contribution is -0.131. The monoisotopic (exact) mass is 452 g/mol. The third-order valence-corrected chi connectivity index (χ3v) is 4.69. The molecule has 0 fully saturated rings. The molecule has 10 nitrogen and oxygen atoms in total. The second-order valence-electron chi connectivity index (χ2n) is 8.51. The number of ether oxygens (including phenoxy) is 1. The minimum absolute atomic E-state index is 0.215. The summed E-state index contributed by atoms with van der Waals surface area (Å²) in [4.78, 5) is 25.5. The number of carbonyl (C=O) groups excluding carboxylic acids is 2. The number of hydrogen-bond acceptors (Lipinski definition) is 7. The Kier molecular flexibility index (Phi) is 7.73. The summed E-state index contributed by atoms with van der Waals surface area (Å²) in [6.45, 7) is 5.20. The summed E-state index contributed by atoms with van der Waals surface area (Å²) in [6.07, 6.45) is -2.09. The number of hydrogen-bond donors (Lipinski definition) is 4. The topological polar surface area (TPSA) is 142 Å². The smallest absolute Gasteiger partial charge is 0.407 e. The van der Waals surface area contributed by atoms with Crippen LogP contribution in [-0.4, -0.2) is 55.5 Å². The summed E-state index contributed by atoms with van der Waals surface area (Å²) in [7, 11) is 0. The molecule has 1 heterocycles. The Hall–Kier alpha value is -3.79. The molecule has 0 bridgehead atoms. The standard InChI is InChI=1S/C23H28N6O4/c1-23(2,3)33-22(32)24-17(14-15-10-6-4-7-11-15)19(30)21(31)25-18(20-26-28-29-27-20)16-12-8-5-9-13-16/h4-13,17-19,30H,14H2,1-3H3,(H,24,32)(H,25,31)(H,26,27,28,29)/t17-,18?,19+/m1/s1. The van der Waals surface area contributed by atoms with Crippen LogP contribution in [0.5, 0.6) is 0 Å². The molecule has 2 amide bonds. The Labute approximate surface area is 191 Å². The van der Waals surface area contributed by atoms with Gasteiger partial charge in [0.15, 0.2) is 6.10 Å². The van der Waals surface area contributed by atoms with Gasteiger partial charge >= 0.3 is 6.09 Å². The number of benzene rings is 2. The molecule has 174 valence electrons. The van der Waals surface area contributed by atoms with E-state index in [-0.39, 0.29) is 12.2 Å². The number of aliphatic hydroxyl groups is 1. The van der Waals surface area contributed by atoms with Crippen LogP contribution in [0.15, 0.2) is 60.7 Å². The fraction of sp³-hybridized carbons (Fsp3) is 0.348. The van der Waals surface area contributed by atoms with Crippen LogP contribution in [0.4, 0.5) is 4.79 Å². The first kappa shape index (κ1) is 23.9. The molecule has 4 N–H and O–H groups in total. The fourth-order valence-corrected chi connectivity index (χ4v) is 3.21. The molecule has 0 saturated carbocycles. The molecular formula is C23H28N6O4. The van der Waals surface area contributed by atoms with Crippen LogP contribution in [0.3, 0.4) is 0 Å². The first-order chi connectivity index (χ1) is 15.7. The van der Waals surface area contributed by atoms with Gasteiger partial charge < -0.3 is 20.5 Å². The number of amides is 2. The molecule has 10 heteroatoms. The average molecular weight is 453 g/mol. The van der Waals surface area contributed by atoms with Crippen molar-refractivity contribution in [3.63, 3.8) is 0 Å². The van der Waals surface area contributed by atoms with Crippen LogP contribution in [0.1, 0.15) is 43.8 Å². The van der Waals surface area contributed by atoms with Crippen molar-refractivity contribution in [2.24, 2.45) is 0 Å². The van der Waals surface area contributed by atoms with Crippen LogP contribution in [-0.2, 0) is 16.0 Å². The fourth-order valence-electron chi connectivity index (χ4n) is 3.21. The van der Waals surface area contributed by atoms with E-state index in [0.29, 0.717) is 5.56 Å². The average Bonchev–Trinajstić information content (AvgIpc) is 3.31. The van der Waals surface area contributed by atoms with E-state index >= 15 is 0 Å². The van der Waals surface area contributed by atoms with Crippen LogP contribution in [0, 0.1) is 0 Å². The molecule has 0 saturated heterocycles. The number of aliphatic hydroxyl groups excluding tert-OH is 1. The molecule has 1 unspecified atom stereocenters. The Balaban J connectivity index is 1.80. The maximum Gasteiger partial charge on any atom is 0.407 e. The quantitative estimate of drug-likeness (QED) is 0.409. The summed E-state index contributed by atoms with van der Waals surface area (Å²) in [5, 5.41) is 30.2. The first-order valence-electron chi connectivity index (χ1n) is 10.5. The lowest BCUT2D eigenvalue weighted by Gasteiger charge is -2.27. The van der Waals surface area contributed by atoms with E-state index in [0.717, 1.165) is 5.56 Å². The van der Waals surface area contributed by atoms with E-state index in [4.69, 9.17) is 4.74 Å². The van der Waals surface area contributed by atoms with Crippen molar-refractivity contribution >= 4 is 12.0 Å². The predicted octanol–water partition coefficient (Wildman–Crippen LogP) is 1.90. The Morgan fingerprint density at radius 2 is 1.67 bits per heavy atom. The maximum atomic E-state index is 13.1. The number of H-pyrrole nitrogens is 1. The number of rotatable bonds is 8. The molecule has 0 radical (unpaired) electrons. The highest BCUT2D eigenvalue weighted by Gasteiger charge is 2.32. The third-order valence-electron chi connectivity index (χ3n) is 4.69. The number of nitrogens with zero attached hydrogens (tertiary/aromatic N) is 3. The predicted molar refractivity (Wildman–Crippen MR) is 120 cm³/mol. The highest BCUT2D eigenvalue weighted by molar-refractivity contribution is 5.83. The van der Waals surface area contributed by atoms with Crippen LogP contribution >= 0.6 is 0 Å². The minimum Gasteiger partial charge on any atom is -0.444 e. The molecule has 0 aliphatic rings. The van der Waals surface area contributed by atoms with Gasteiger partial charge in [0.2, 0.25) is 5.82 Å². The van der Waals surface area contributed by atoms with E-state index in [1.807, 2.05) is 48.5 Å². The lowest BCUT2D eigenvalue weighted by Crippen LogP contribution is -2.53. The molecule has 1 aromatic heterocycles. The van der Waals surface area contributed by atoms with E-state index in [2.05, 4.69) is 31.3 Å². The van der Waals surface area contributed by atoms with Crippen molar-refractivity contribution in [1.29, 1.82) is 0 Å². The molecule has 0 spiro atoms. The van der Waals surface area contributed by atoms with E-state index < -0.39 is 35.8 Å². The van der Waals surface area contributed by atoms with E-state index in [9.17, 15) is 14.7 Å². The first-order valence-corrected chi connectivity index (χ1v) is 10.5. The van der Waals surface area contributed by atoms with Gasteiger partial charge in [0.25, 0.3) is 5.91 Å². The zero-order chi connectivity index (χ0) is 23.8. The number of nitrogens with one attached hydrogen (secondary N) is 3. The molecule has 3 atom stereocenters. The van der Waals surface area contributed by atoms with Crippen molar-refractivity contribution < 1.29 is 19.4 Å². The number of aromatic amines is 1. The van der Waals surface area contributed by atoms with Crippen LogP contribution in [0.2, 0.25) is 0 Å². The maximum absolute atomic E-state index is 13.1. The molecular weight excluding hydrogens is 424 g/mol. The van der Waals surface area contributed by atoms with E-state index in [1.165, 1.54) is 0 Å². The van der Waals surface area contributed by atoms with Gasteiger partial charge in [-0.25, -0.2) is 4.79 Å². The summed E-state index contributed by atoms with van der Waals surface area (Å²) < 4.78 is 5.32. The van der Waals surface area contributed by atoms with Gasteiger partial charge in [0, 0.05) is 0 Å². The third kappa shape index (κ3) is 7.11. The van der Waals surface area contributed by atoms with Gasteiger partial charge in [-0.05, 0) is 38.3 Å². The number of tetrazole rings is 1. The van der Waals surface area contributed by atoms with Crippen molar-refractivity contribution in [2.45, 2.75) is 51.0 Å². The van der Waals surface area contributed by atoms with Crippen LogP contribution < -0.4 is 10.6 Å². The van der Waals surface area contributed by atoms with Gasteiger partial charge in [0.05, 0.1) is 6.04 Å². The van der Waals surface area contributed by atoms with Gasteiger partial charge in [0.1, 0.15) is 11.6 Å². The van der Waals surface area contributed by atoms with Crippen LogP contribution in [0.25, 0.3) is 0 Å². The molecule has 2 aromatic carbocycles. The summed E-state index contributed by atoms with van der Waals surface area (Å²) in [5.74, 6) is -0.466. The lowest BCUT2D eigenvalue weighted by atomic mass is 9.99. The summed E-state index contributed by atoms with van der Waals surface area (Å²) in [5.41, 5.74) is 0.813. The van der Waals surface area contributed by atoms with Crippen molar-refractivity contribution in [1.82, 2.24) is 31.3 Å². The normalized spacial score (nSPS) is 14.1. The van der Waals surface area contributed by atoms with Crippen molar-refractivity contribution in [3.8, 4) is 0 Å². The zero-order valence-corrected chi connectivity index (χ0v) is 18.7. The zero-order valence-electron chi connectivity index (χ0n) is 18.7. The van der Waals surface area contributed by atoms with Crippen molar-refractivity contribution in [2.75, 3.05) is 0 Å². The van der Waals surface area contributed by atoms with Gasteiger partial charge in [-0.1, -0.05) is 65.9 Å². The second-order valence-corrected chi connectivity index (χ2v) is 8.51. The molecule has 0 aliphatic heterocycles. The molecule has 33 heavy (non-hydrogen) atoms. The SMILES string of the molecule is CC(C)(C)OC(=O)N[C@H](Cc1ccccc1)[C@H](O)C(=O)NC(c1ccccc1)c1nn[nH]n1. The van der Waals surface area contributed by atoms with Crippen molar-refractivity contribution in [3.05, 3.63) is 77.6 Å². The highest BCUT2D eigenvalue weighted by Crippen LogP contribution is 2.19. The largest absolute Gasteiger partial charge is 0.444 e. The molecule has 0 aliphatic carbocycles. The number of aromatic nitrogens is 4. The van der Waals surface area contributed by atoms with E-state index in [1.54, 1.807) is 32.9 Å². The Morgan fingerprint density at radius 3 is 2.24 bits per heavy atom. The van der Waals surface area contributed by atoms with Gasteiger partial charge in [-0.3, -0.25) is 4.79 Å². The summed E-state index contributed by atoms with van der Waals surface area (Å²) >= 11 is 0. The Bertz CT molecular complexity index is 1020. The number of alkyl carbamates (subject to hydrolysis) is 1. The van der Waals surface area contributed by atoms with Gasteiger partial charge in [-0.2, -0.15) is 5.21 Å². The molecule has 3 aromatic rings.